The second kappa shape index (κ2) is 8.13. The van der Waals surface area contributed by atoms with Crippen LogP contribution in [0.3, 0.4) is 0 Å². The van der Waals surface area contributed by atoms with Gasteiger partial charge in [0.05, 0.1) is 6.54 Å². The van der Waals surface area contributed by atoms with Crippen molar-refractivity contribution in [3.8, 4) is 11.4 Å². The van der Waals surface area contributed by atoms with Crippen molar-refractivity contribution in [1.82, 2.24) is 19.9 Å². The monoisotopic (exact) mass is 458 g/mol. The molecule has 33 heavy (non-hydrogen) atoms. The van der Waals surface area contributed by atoms with E-state index in [-0.39, 0.29) is 5.91 Å². The highest BCUT2D eigenvalue weighted by Gasteiger charge is 2.28. The summed E-state index contributed by atoms with van der Waals surface area (Å²) in [6.45, 7) is 5.27. The van der Waals surface area contributed by atoms with Gasteiger partial charge in [-0.25, -0.2) is 0 Å². The number of rotatable bonds is 4. The van der Waals surface area contributed by atoms with Gasteiger partial charge in [0, 0.05) is 53.5 Å². The van der Waals surface area contributed by atoms with E-state index < -0.39 is 0 Å². The molecule has 1 saturated heterocycles. The largest absolute Gasteiger partial charge is 0.450 e. The van der Waals surface area contributed by atoms with Gasteiger partial charge < -0.3 is 13.8 Å². The van der Waals surface area contributed by atoms with Crippen molar-refractivity contribution in [2.45, 2.75) is 13.5 Å². The van der Waals surface area contributed by atoms with Crippen molar-refractivity contribution in [3.63, 3.8) is 0 Å². The van der Waals surface area contributed by atoms with E-state index in [2.05, 4.69) is 27.2 Å². The number of thiophene rings is 1. The van der Waals surface area contributed by atoms with Crippen LogP contribution in [0.15, 0.2) is 62.2 Å². The first-order chi connectivity index (χ1) is 16.2. The quantitative estimate of drug-likeness (QED) is 0.379. The van der Waals surface area contributed by atoms with Crippen LogP contribution >= 0.6 is 11.3 Å². The Morgan fingerprint density at radius 2 is 1.91 bits per heavy atom. The number of amides is 1. The summed E-state index contributed by atoms with van der Waals surface area (Å²) in [5.74, 6) is 1.60. The minimum Gasteiger partial charge on any atom is -0.450 e. The van der Waals surface area contributed by atoms with Crippen LogP contribution in [-0.4, -0.2) is 52.0 Å². The number of aryl methyl sites for hydroxylation is 1. The standard InChI is InChI=1S/C25H22N4O3S/c1-16-19-7-6-17-4-2-3-5-20(17)23(19)31-22(16)25(30)29-11-9-28(10-12-29)14-21-26-24(27-32-21)18-8-13-33-15-18/h2-8,13,15H,9-12,14H2,1H3. The number of piperazine rings is 1. The molecule has 6 rings (SSSR count). The molecular formula is C25H22N4O3S. The Hall–Kier alpha value is -3.49. The highest BCUT2D eigenvalue weighted by molar-refractivity contribution is 7.08. The highest BCUT2D eigenvalue weighted by atomic mass is 32.1. The molecule has 0 N–H and O–H groups in total. The van der Waals surface area contributed by atoms with Crippen molar-refractivity contribution < 1.29 is 13.7 Å². The summed E-state index contributed by atoms with van der Waals surface area (Å²) in [6.07, 6.45) is 0. The van der Waals surface area contributed by atoms with Crippen molar-refractivity contribution in [1.29, 1.82) is 0 Å². The number of carbonyl (C=O) groups excluding carboxylic acids is 1. The molecule has 1 fully saturated rings. The summed E-state index contributed by atoms with van der Waals surface area (Å²) in [6, 6.07) is 14.2. The molecule has 0 radical (unpaired) electrons. The van der Waals surface area contributed by atoms with Gasteiger partial charge >= 0.3 is 0 Å². The smallest absolute Gasteiger partial charge is 0.289 e. The second-order valence-electron chi connectivity index (χ2n) is 8.31. The molecule has 0 bridgehead atoms. The Balaban J connectivity index is 1.15. The van der Waals surface area contributed by atoms with E-state index in [1.165, 1.54) is 0 Å². The molecule has 166 valence electrons. The average molecular weight is 459 g/mol. The molecule has 0 aliphatic carbocycles. The molecule has 1 aliphatic heterocycles. The lowest BCUT2D eigenvalue weighted by Crippen LogP contribution is -2.48. The molecule has 0 saturated carbocycles. The van der Waals surface area contributed by atoms with Crippen LogP contribution in [0.4, 0.5) is 0 Å². The maximum atomic E-state index is 13.3. The van der Waals surface area contributed by atoms with Gasteiger partial charge in [-0.15, -0.1) is 0 Å². The molecule has 7 nitrogen and oxygen atoms in total. The van der Waals surface area contributed by atoms with Gasteiger partial charge in [0.1, 0.15) is 5.58 Å². The number of hydrogen-bond acceptors (Lipinski definition) is 7. The Morgan fingerprint density at radius 3 is 2.73 bits per heavy atom. The summed E-state index contributed by atoms with van der Waals surface area (Å²) >= 11 is 1.61. The molecule has 0 spiro atoms. The summed E-state index contributed by atoms with van der Waals surface area (Å²) in [5, 5.41) is 11.2. The lowest BCUT2D eigenvalue weighted by atomic mass is 10.1. The highest BCUT2D eigenvalue weighted by Crippen LogP contribution is 2.32. The van der Waals surface area contributed by atoms with Crippen LogP contribution in [0, 0.1) is 6.92 Å². The second-order valence-corrected chi connectivity index (χ2v) is 9.09. The van der Waals surface area contributed by atoms with Gasteiger partial charge in [-0.1, -0.05) is 41.6 Å². The number of aromatic nitrogens is 2. The first-order valence-electron chi connectivity index (χ1n) is 10.9. The first-order valence-corrected chi connectivity index (χ1v) is 11.9. The van der Waals surface area contributed by atoms with Crippen LogP contribution in [-0.2, 0) is 6.54 Å². The number of carbonyl (C=O) groups is 1. The van der Waals surface area contributed by atoms with Crippen LogP contribution in [0.25, 0.3) is 33.1 Å². The fourth-order valence-corrected chi connectivity index (χ4v) is 5.06. The SMILES string of the molecule is Cc1c(C(=O)N2CCN(Cc3nc(-c4ccsc4)no3)CC2)oc2c1ccc1ccccc12. The van der Waals surface area contributed by atoms with Gasteiger partial charge in [-0.05, 0) is 23.8 Å². The lowest BCUT2D eigenvalue weighted by molar-refractivity contribution is 0.0586. The fraction of sp³-hybridized carbons (Fsp3) is 0.240. The van der Waals surface area contributed by atoms with E-state index >= 15 is 0 Å². The minimum atomic E-state index is -0.0510. The van der Waals surface area contributed by atoms with E-state index in [9.17, 15) is 4.79 Å². The van der Waals surface area contributed by atoms with Crippen LogP contribution in [0.5, 0.6) is 0 Å². The predicted octanol–water partition coefficient (Wildman–Crippen LogP) is 4.96. The Bertz CT molecular complexity index is 1450. The molecule has 2 aromatic carbocycles. The Morgan fingerprint density at radius 1 is 1.06 bits per heavy atom. The summed E-state index contributed by atoms with van der Waals surface area (Å²) in [5.41, 5.74) is 2.65. The third-order valence-corrected chi connectivity index (χ3v) is 6.97. The van der Waals surface area contributed by atoms with E-state index in [1.807, 2.05) is 52.9 Å². The molecular weight excluding hydrogens is 436 g/mol. The van der Waals surface area contributed by atoms with E-state index in [4.69, 9.17) is 8.94 Å². The normalized spacial score (nSPS) is 15.0. The van der Waals surface area contributed by atoms with Crippen molar-refractivity contribution >= 4 is 39.0 Å². The van der Waals surface area contributed by atoms with Gasteiger partial charge in [-0.3, -0.25) is 9.69 Å². The van der Waals surface area contributed by atoms with Crippen molar-refractivity contribution in [2.75, 3.05) is 26.2 Å². The molecule has 5 aromatic rings. The van der Waals surface area contributed by atoms with Gasteiger partial charge in [0.25, 0.3) is 5.91 Å². The molecule has 1 amide bonds. The third-order valence-electron chi connectivity index (χ3n) is 6.29. The number of benzene rings is 2. The van der Waals surface area contributed by atoms with Gasteiger partial charge in [0.15, 0.2) is 5.76 Å². The summed E-state index contributed by atoms with van der Waals surface area (Å²) in [4.78, 5) is 21.9. The topological polar surface area (TPSA) is 75.6 Å². The van der Waals surface area contributed by atoms with Gasteiger partial charge in [0.2, 0.25) is 11.7 Å². The van der Waals surface area contributed by atoms with Crippen LogP contribution in [0.1, 0.15) is 22.0 Å². The number of fused-ring (bicyclic) bond motifs is 3. The molecule has 0 unspecified atom stereocenters. The average Bonchev–Trinajstić information content (AvgIpc) is 3.60. The molecule has 3 aromatic heterocycles. The summed E-state index contributed by atoms with van der Waals surface area (Å²) < 4.78 is 11.6. The fourth-order valence-electron chi connectivity index (χ4n) is 4.43. The third kappa shape index (κ3) is 3.61. The predicted molar refractivity (Wildman–Crippen MR) is 127 cm³/mol. The molecule has 0 atom stereocenters. The van der Waals surface area contributed by atoms with Crippen LogP contribution < -0.4 is 0 Å². The molecule has 8 heteroatoms. The van der Waals surface area contributed by atoms with E-state index in [1.54, 1.807) is 11.3 Å². The zero-order valence-corrected chi connectivity index (χ0v) is 19.0. The lowest BCUT2D eigenvalue weighted by Gasteiger charge is -2.33. The van der Waals surface area contributed by atoms with E-state index in [0.29, 0.717) is 37.1 Å². The molecule has 1 aliphatic rings. The number of nitrogens with zero attached hydrogens (tertiary/aromatic N) is 4. The van der Waals surface area contributed by atoms with Crippen LogP contribution in [0.2, 0.25) is 0 Å². The zero-order valence-electron chi connectivity index (χ0n) is 18.2. The maximum Gasteiger partial charge on any atom is 0.289 e. The first kappa shape index (κ1) is 20.1. The van der Waals surface area contributed by atoms with Gasteiger partial charge in [-0.2, -0.15) is 16.3 Å². The number of hydrogen-bond donors (Lipinski definition) is 0. The van der Waals surface area contributed by atoms with E-state index in [0.717, 1.165) is 46.0 Å². The summed E-state index contributed by atoms with van der Waals surface area (Å²) in [7, 11) is 0. The van der Waals surface area contributed by atoms with Crippen molar-refractivity contribution in [3.05, 3.63) is 70.4 Å². The minimum absolute atomic E-state index is 0.0510. The number of furan rings is 1. The zero-order chi connectivity index (χ0) is 22.4. The Kier molecular flexibility index (Phi) is 4.96. The molecule has 4 heterocycles. The maximum absolute atomic E-state index is 13.3. The Labute approximate surface area is 194 Å². The van der Waals surface area contributed by atoms with Crippen molar-refractivity contribution in [2.24, 2.45) is 0 Å².